The van der Waals surface area contributed by atoms with E-state index in [0.717, 1.165) is 10.2 Å². The SMILES string of the molecule is CCN(Cc1ccc(OC)c(OC)c1)C(=O)Cn1nnc2ccccc2c1=O. The molecule has 0 N–H and O–H groups in total. The van der Waals surface area contributed by atoms with E-state index in [0.29, 0.717) is 35.5 Å². The Kier molecular flexibility index (Phi) is 5.88. The average Bonchev–Trinajstić information content (AvgIpc) is 2.73. The van der Waals surface area contributed by atoms with Gasteiger partial charge in [0.15, 0.2) is 11.5 Å². The Morgan fingerprint density at radius 1 is 1.11 bits per heavy atom. The first kappa shape index (κ1) is 19.3. The highest BCUT2D eigenvalue weighted by Gasteiger charge is 2.16. The molecular weight excluding hydrogens is 360 g/mol. The number of likely N-dealkylation sites (N-methyl/N-ethyl adjacent to an activating group) is 1. The molecule has 0 atom stereocenters. The summed E-state index contributed by atoms with van der Waals surface area (Å²) in [5.41, 5.74) is 1.07. The highest BCUT2D eigenvalue weighted by molar-refractivity contribution is 5.78. The van der Waals surface area contributed by atoms with Crippen molar-refractivity contribution in [2.75, 3.05) is 20.8 Å². The molecule has 0 unspecified atom stereocenters. The number of ether oxygens (including phenoxy) is 2. The van der Waals surface area contributed by atoms with Crippen LogP contribution in [0, 0.1) is 0 Å². The van der Waals surface area contributed by atoms with Crippen molar-refractivity contribution in [2.24, 2.45) is 0 Å². The molecule has 0 radical (unpaired) electrons. The topological polar surface area (TPSA) is 86.6 Å². The normalized spacial score (nSPS) is 10.7. The molecule has 2 aromatic carbocycles. The molecule has 1 amide bonds. The third-order valence-electron chi connectivity index (χ3n) is 4.47. The molecule has 3 rings (SSSR count). The Bertz CT molecular complexity index is 1050. The molecule has 0 saturated heterocycles. The minimum atomic E-state index is -0.332. The number of hydrogen-bond donors (Lipinski definition) is 0. The van der Waals surface area contributed by atoms with Crippen LogP contribution in [0.15, 0.2) is 47.3 Å². The molecule has 28 heavy (non-hydrogen) atoms. The van der Waals surface area contributed by atoms with Crippen molar-refractivity contribution in [1.82, 2.24) is 19.9 Å². The first-order valence-corrected chi connectivity index (χ1v) is 8.88. The van der Waals surface area contributed by atoms with Crippen LogP contribution in [0.4, 0.5) is 0 Å². The lowest BCUT2D eigenvalue weighted by Crippen LogP contribution is -2.37. The Balaban J connectivity index is 1.79. The summed E-state index contributed by atoms with van der Waals surface area (Å²) in [6.07, 6.45) is 0. The van der Waals surface area contributed by atoms with Gasteiger partial charge in [0, 0.05) is 13.1 Å². The maximum atomic E-state index is 12.8. The summed E-state index contributed by atoms with van der Waals surface area (Å²) in [5.74, 6) is 1.00. The highest BCUT2D eigenvalue weighted by atomic mass is 16.5. The Morgan fingerprint density at radius 2 is 1.86 bits per heavy atom. The molecule has 146 valence electrons. The van der Waals surface area contributed by atoms with E-state index in [9.17, 15) is 9.59 Å². The predicted molar refractivity (Wildman–Crippen MR) is 104 cm³/mol. The second kappa shape index (κ2) is 8.51. The van der Waals surface area contributed by atoms with Gasteiger partial charge in [0.05, 0.1) is 19.6 Å². The molecule has 0 bridgehead atoms. The molecular formula is C20H22N4O4. The number of amides is 1. The Morgan fingerprint density at radius 3 is 2.57 bits per heavy atom. The number of rotatable bonds is 7. The van der Waals surface area contributed by atoms with E-state index in [1.165, 1.54) is 0 Å². The smallest absolute Gasteiger partial charge is 0.278 e. The molecule has 3 aromatic rings. The summed E-state index contributed by atoms with van der Waals surface area (Å²) >= 11 is 0. The molecule has 0 spiro atoms. The molecule has 0 fully saturated rings. The maximum absolute atomic E-state index is 12.8. The monoisotopic (exact) mass is 382 g/mol. The van der Waals surface area contributed by atoms with Crippen molar-refractivity contribution in [3.8, 4) is 11.5 Å². The molecule has 8 heteroatoms. The average molecular weight is 382 g/mol. The number of aromatic nitrogens is 3. The van der Waals surface area contributed by atoms with Crippen LogP contribution in [0.25, 0.3) is 10.9 Å². The van der Waals surface area contributed by atoms with E-state index < -0.39 is 0 Å². The van der Waals surface area contributed by atoms with Crippen LogP contribution in [0.3, 0.4) is 0 Å². The first-order chi connectivity index (χ1) is 13.6. The number of methoxy groups -OCH3 is 2. The Labute approximate surface area is 162 Å². The molecule has 0 aliphatic carbocycles. The van der Waals surface area contributed by atoms with Crippen LogP contribution >= 0.6 is 0 Å². The van der Waals surface area contributed by atoms with Gasteiger partial charge >= 0.3 is 0 Å². The number of hydrogen-bond acceptors (Lipinski definition) is 6. The number of carbonyl (C=O) groups is 1. The van der Waals surface area contributed by atoms with Crippen molar-refractivity contribution in [1.29, 1.82) is 0 Å². The summed E-state index contributed by atoms with van der Waals surface area (Å²) in [6, 6.07) is 12.4. The van der Waals surface area contributed by atoms with Crippen LogP contribution in [0.5, 0.6) is 11.5 Å². The standard InChI is InChI=1S/C20H22N4O4/c1-4-23(12-14-9-10-17(27-2)18(11-14)28-3)19(25)13-24-20(26)15-7-5-6-8-16(15)21-22-24/h5-11H,4,12-13H2,1-3H3. The second-order valence-corrected chi connectivity index (χ2v) is 6.17. The van der Waals surface area contributed by atoms with Crippen LogP contribution in [0.2, 0.25) is 0 Å². The Hall–Kier alpha value is -3.42. The van der Waals surface area contributed by atoms with E-state index in [1.807, 2.05) is 19.1 Å². The van der Waals surface area contributed by atoms with Crippen LogP contribution < -0.4 is 15.0 Å². The molecule has 0 aliphatic heterocycles. The van der Waals surface area contributed by atoms with Gasteiger partial charge < -0.3 is 14.4 Å². The van der Waals surface area contributed by atoms with E-state index in [4.69, 9.17) is 9.47 Å². The van der Waals surface area contributed by atoms with E-state index >= 15 is 0 Å². The number of benzene rings is 2. The zero-order valence-electron chi connectivity index (χ0n) is 16.1. The summed E-state index contributed by atoms with van der Waals surface area (Å²) in [7, 11) is 3.14. The number of carbonyl (C=O) groups excluding carboxylic acids is 1. The van der Waals surface area contributed by atoms with Crippen molar-refractivity contribution in [3.05, 3.63) is 58.4 Å². The minimum Gasteiger partial charge on any atom is -0.493 e. The largest absolute Gasteiger partial charge is 0.493 e. The van der Waals surface area contributed by atoms with E-state index in [1.54, 1.807) is 49.5 Å². The third-order valence-corrected chi connectivity index (χ3v) is 4.47. The lowest BCUT2D eigenvalue weighted by molar-refractivity contribution is -0.132. The van der Waals surface area contributed by atoms with Crippen molar-refractivity contribution in [3.63, 3.8) is 0 Å². The fourth-order valence-corrected chi connectivity index (χ4v) is 2.93. The summed E-state index contributed by atoms with van der Waals surface area (Å²) in [6.45, 7) is 2.58. The maximum Gasteiger partial charge on any atom is 0.278 e. The zero-order chi connectivity index (χ0) is 20.1. The molecule has 0 saturated carbocycles. The van der Waals surface area contributed by atoms with Crippen LogP contribution in [0.1, 0.15) is 12.5 Å². The zero-order valence-corrected chi connectivity index (χ0v) is 16.1. The van der Waals surface area contributed by atoms with Gasteiger partial charge in [-0.05, 0) is 36.8 Å². The van der Waals surface area contributed by atoms with Crippen LogP contribution in [-0.4, -0.2) is 46.6 Å². The lowest BCUT2D eigenvalue weighted by Gasteiger charge is -2.21. The quantitative estimate of drug-likeness (QED) is 0.620. The van der Waals surface area contributed by atoms with Gasteiger partial charge in [-0.25, -0.2) is 4.68 Å². The molecule has 0 aliphatic rings. The first-order valence-electron chi connectivity index (χ1n) is 8.88. The van der Waals surface area contributed by atoms with Crippen molar-refractivity contribution in [2.45, 2.75) is 20.0 Å². The van der Waals surface area contributed by atoms with Gasteiger partial charge in [-0.1, -0.05) is 23.4 Å². The van der Waals surface area contributed by atoms with Gasteiger partial charge in [0.25, 0.3) is 5.56 Å². The van der Waals surface area contributed by atoms with Gasteiger partial charge in [-0.3, -0.25) is 9.59 Å². The van der Waals surface area contributed by atoms with Gasteiger partial charge in [-0.2, -0.15) is 0 Å². The predicted octanol–water partition coefficient (Wildman–Crippen LogP) is 1.86. The molecule has 1 heterocycles. The second-order valence-electron chi connectivity index (χ2n) is 6.17. The van der Waals surface area contributed by atoms with E-state index in [-0.39, 0.29) is 18.0 Å². The lowest BCUT2D eigenvalue weighted by atomic mass is 10.2. The number of fused-ring (bicyclic) bond motifs is 1. The summed E-state index contributed by atoms with van der Waals surface area (Å²) < 4.78 is 11.7. The highest BCUT2D eigenvalue weighted by Crippen LogP contribution is 2.28. The van der Waals surface area contributed by atoms with Crippen molar-refractivity contribution < 1.29 is 14.3 Å². The molecule has 8 nitrogen and oxygen atoms in total. The third kappa shape index (κ3) is 3.95. The summed E-state index contributed by atoms with van der Waals surface area (Å²) in [5, 5.41) is 8.35. The fourth-order valence-electron chi connectivity index (χ4n) is 2.93. The van der Waals surface area contributed by atoms with Gasteiger partial charge in [0.2, 0.25) is 5.91 Å². The minimum absolute atomic E-state index is 0.169. The van der Waals surface area contributed by atoms with Gasteiger partial charge in [-0.15, -0.1) is 5.10 Å². The fraction of sp³-hybridized carbons (Fsp3) is 0.300. The molecule has 1 aromatic heterocycles. The number of nitrogens with zero attached hydrogens (tertiary/aromatic N) is 4. The summed E-state index contributed by atoms with van der Waals surface area (Å²) in [4.78, 5) is 26.9. The van der Waals surface area contributed by atoms with Gasteiger partial charge in [0.1, 0.15) is 12.1 Å². The van der Waals surface area contributed by atoms with E-state index in [2.05, 4.69) is 10.3 Å². The van der Waals surface area contributed by atoms with Crippen molar-refractivity contribution >= 4 is 16.8 Å². The van der Waals surface area contributed by atoms with Crippen LogP contribution in [-0.2, 0) is 17.9 Å².